The smallest absolute Gasteiger partial charge is 0.229 e. The maximum absolute atomic E-state index is 12.5. The molecule has 0 aliphatic carbocycles. The Hall–Kier alpha value is -2.45. The van der Waals surface area contributed by atoms with Crippen molar-refractivity contribution in [3.05, 3.63) is 24.3 Å². The van der Waals surface area contributed by atoms with Crippen molar-refractivity contribution in [1.82, 2.24) is 20.4 Å². The predicted molar refractivity (Wildman–Crippen MR) is 101 cm³/mol. The highest BCUT2D eigenvalue weighted by Gasteiger charge is 2.36. The van der Waals surface area contributed by atoms with Crippen molar-refractivity contribution in [3.63, 3.8) is 0 Å². The first-order chi connectivity index (χ1) is 13.2. The lowest BCUT2D eigenvalue weighted by Gasteiger charge is -2.26. The number of anilines is 1. The number of fused-ring (bicyclic) bond motifs is 1. The van der Waals surface area contributed by atoms with E-state index >= 15 is 0 Å². The Morgan fingerprint density at radius 1 is 1.30 bits per heavy atom. The third kappa shape index (κ3) is 3.96. The van der Waals surface area contributed by atoms with E-state index in [9.17, 15) is 9.59 Å². The molecular weight excluding hydrogens is 346 g/mol. The van der Waals surface area contributed by atoms with Gasteiger partial charge in [-0.05, 0) is 25.1 Å². The first-order valence-corrected chi connectivity index (χ1v) is 9.53. The number of amides is 2. The van der Waals surface area contributed by atoms with Gasteiger partial charge in [0.05, 0.1) is 24.6 Å². The summed E-state index contributed by atoms with van der Waals surface area (Å²) < 4.78 is 5.33. The summed E-state index contributed by atoms with van der Waals surface area (Å²) >= 11 is 0. The molecule has 2 aliphatic heterocycles. The van der Waals surface area contributed by atoms with Crippen LogP contribution in [0, 0.1) is 5.92 Å². The minimum absolute atomic E-state index is 0.0485. The molecule has 1 atom stereocenters. The van der Waals surface area contributed by atoms with E-state index in [1.807, 2.05) is 24.3 Å². The van der Waals surface area contributed by atoms with E-state index < -0.39 is 0 Å². The van der Waals surface area contributed by atoms with Crippen molar-refractivity contribution in [2.45, 2.75) is 12.8 Å². The number of aromatic nitrogens is 2. The number of aromatic amines is 1. The molecule has 1 aromatic carbocycles. The average Bonchev–Trinajstić information content (AvgIpc) is 3.29. The molecule has 0 saturated carbocycles. The Morgan fingerprint density at radius 2 is 2.11 bits per heavy atom. The fraction of sp³-hybridized carbons (Fsp3) is 0.526. The number of carbonyl (C=O) groups excluding carboxylic acids is 2. The molecule has 0 radical (unpaired) electrons. The Balaban J connectivity index is 1.29. The van der Waals surface area contributed by atoms with Gasteiger partial charge >= 0.3 is 0 Å². The number of morpholine rings is 1. The number of benzene rings is 1. The van der Waals surface area contributed by atoms with Crippen molar-refractivity contribution in [2.24, 2.45) is 5.92 Å². The summed E-state index contributed by atoms with van der Waals surface area (Å²) in [6.07, 6.45) is 1.14. The van der Waals surface area contributed by atoms with Crippen LogP contribution in [0.4, 0.5) is 5.82 Å². The Morgan fingerprint density at radius 3 is 2.96 bits per heavy atom. The molecule has 8 nitrogen and oxygen atoms in total. The van der Waals surface area contributed by atoms with Gasteiger partial charge in [-0.3, -0.25) is 24.5 Å². The second-order valence-corrected chi connectivity index (χ2v) is 7.10. The normalized spacial score (nSPS) is 21.1. The van der Waals surface area contributed by atoms with Gasteiger partial charge in [0.15, 0.2) is 5.82 Å². The lowest BCUT2D eigenvalue weighted by Crippen LogP contribution is -2.39. The van der Waals surface area contributed by atoms with Crippen LogP contribution >= 0.6 is 0 Å². The van der Waals surface area contributed by atoms with Crippen molar-refractivity contribution in [1.29, 1.82) is 0 Å². The quantitative estimate of drug-likeness (QED) is 0.732. The third-order valence-electron chi connectivity index (χ3n) is 5.26. The molecule has 0 bridgehead atoms. The number of rotatable bonds is 6. The van der Waals surface area contributed by atoms with Gasteiger partial charge in [-0.25, -0.2) is 0 Å². The molecule has 27 heavy (non-hydrogen) atoms. The summed E-state index contributed by atoms with van der Waals surface area (Å²) in [7, 11) is 0. The number of para-hydroxylation sites is 1. The molecule has 2 fully saturated rings. The van der Waals surface area contributed by atoms with Crippen LogP contribution in [0.2, 0.25) is 0 Å². The van der Waals surface area contributed by atoms with E-state index in [1.54, 1.807) is 4.90 Å². The van der Waals surface area contributed by atoms with Gasteiger partial charge in [-0.2, -0.15) is 5.10 Å². The first kappa shape index (κ1) is 17.9. The van der Waals surface area contributed by atoms with E-state index in [4.69, 9.17) is 4.74 Å². The minimum atomic E-state index is -0.323. The number of carbonyl (C=O) groups is 2. The van der Waals surface area contributed by atoms with E-state index in [2.05, 4.69) is 20.4 Å². The molecule has 1 aromatic heterocycles. The highest BCUT2D eigenvalue weighted by molar-refractivity contribution is 6.05. The molecule has 0 spiro atoms. The van der Waals surface area contributed by atoms with Gasteiger partial charge < -0.3 is 10.1 Å². The van der Waals surface area contributed by atoms with Gasteiger partial charge in [0, 0.05) is 38.0 Å². The Labute approximate surface area is 157 Å². The number of hydrogen-bond donors (Lipinski definition) is 2. The number of nitrogens with one attached hydrogen (secondary N) is 2. The highest BCUT2D eigenvalue weighted by atomic mass is 16.5. The number of ether oxygens (including phenoxy) is 1. The van der Waals surface area contributed by atoms with Gasteiger partial charge in [-0.1, -0.05) is 12.1 Å². The van der Waals surface area contributed by atoms with Crippen LogP contribution in [0.3, 0.4) is 0 Å². The second kappa shape index (κ2) is 8.06. The third-order valence-corrected chi connectivity index (χ3v) is 5.26. The molecule has 0 unspecified atom stereocenters. The van der Waals surface area contributed by atoms with Crippen molar-refractivity contribution < 1.29 is 14.3 Å². The zero-order chi connectivity index (χ0) is 18.6. The van der Waals surface area contributed by atoms with Crippen LogP contribution in [0.25, 0.3) is 10.9 Å². The van der Waals surface area contributed by atoms with Crippen LogP contribution in [0.1, 0.15) is 12.8 Å². The second-order valence-electron chi connectivity index (χ2n) is 7.10. The van der Waals surface area contributed by atoms with Gasteiger partial charge in [0.25, 0.3) is 0 Å². The zero-order valence-corrected chi connectivity index (χ0v) is 15.3. The lowest BCUT2D eigenvalue weighted by atomic mass is 10.1. The SMILES string of the molecule is O=C(NCCCN1CCOCC1)[C@@H]1CC(=O)N(c2n[nH]c3ccccc23)C1. The summed E-state index contributed by atoms with van der Waals surface area (Å²) in [4.78, 5) is 28.9. The summed E-state index contributed by atoms with van der Waals surface area (Å²) in [5.41, 5.74) is 0.885. The van der Waals surface area contributed by atoms with E-state index in [-0.39, 0.29) is 24.2 Å². The van der Waals surface area contributed by atoms with Gasteiger partial charge in [0.1, 0.15) is 0 Å². The molecule has 3 heterocycles. The predicted octanol–water partition coefficient (Wildman–Crippen LogP) is 0.754. The topological polar surface area (TPSA) is 90.6 Å². The first-order valence-electron chi connectivity index (χ1n) is 9.53. The highest BCUT2D eigenvalue weighted by Crippen LogP contribution is 2.29. The molecule has 144 valence electrons. The van der Waals surface area contributed by atoms with Gasteiger partial charge in [-0.15, -0.1) is 0 Å². The van der Waals surface area contributed by atoms with Crippen molar-refractivity contribution in [3.8, 4) is 0 Å². The molecule has 2 saturated heterocycles. The maximum atomic E-state index is 12.5. The number of hydrogen-bond acceptors (Lipinski definition) is 5. The van der Waals surface area contributed by atoms with Crippen molar-refractivity contribution >= 4 is 28.5 Å². The molecule has 4 rings (SSSR count). The summed E-state index contributed by atoms with van der Waals surface area (Å²) in [6.45, 7) is 5.45. The van der Waals surface area contributed by atoms with Crippen LogP contribution < -0.4 is 10.2 Å². The van der Waals surface area contributed by atoms with E-state index in [1.165, 1.54) is 0 Å². The van der Waals surface area contributed by atoms with Gasteiger partial charge in [0.2, 0.25) is 11.8 Å². The Bertz CT molecular complexity index is 815. The van der Waals surface area contributed by atoms with Crippen LogP contribution in [-0.4, -0.2) is 72.8 Å². The van der Waals surface area contributed by atoms with Crippen LogP contribution in [-0.2, 0) is 14.3 Å². The van der Waals surface area contributed by atoms with E-state index in [0.29, 0.717) is 18.9 Å². The fourth-order valence-corrected chi connectivity index (χ4v) is 3.73. The minimum Gasteiger partial charge on any atom is -0.379 e. The molecular formula is C19H25N5O3. The molecule has 8 heteroatoms. The van der Waals surface area contributed by atoms with Crippen LogP contribution in [0.5, 0.6) is 0 Å². The summed E-state index contributed by atoms with van der Waals surface area (Å²) in [5.74, 6) is 0.183. The fourth-order valence-electron chi connectivity index (χ4n) is 3.73. The van der Waals surface area contributed by atoms with E-state index in [0.717, 1.165) is 50.2 Å². The molecule has 2 aliphatic rings. The number of nitrogens with zero attached hydrogens (tertiary/aromatic N) is 3. The maximum Gasteiger partial charge on any atom is 0.229 e. The monoisotopic (exact) mass is 371 g/mol. The summed E-state index contributed by atoms with van der Waals surface area (Å²) in [6, 6.07) is 7.69. The lowest BCUT2D eigenvalue weighted by molar-refractivity contribution is -0.126. The molecule has 2 N–H and O–H groups in total. The van der Waals surface area contributed by atoms with Crippen molar-refractivity contribution in [2.75, 3.05) is 50.8 Å². The number of H-pyrrole nitrogens is 1. The average molecular weight is 371 g/mol. The van der Waals surface area contributed by atoms with Crippen LogP contribution in [0.15, 0.2) is 24.3 Å². The summed E-state index contributed by atoms with van der Waals surface area (Å²) in [5, 5.41) is 11.1. The Kier molecular flexibility index (Phi) is 5.35. The molecule has 2 aromatic rings. The largest absolute Gasteiger partial charge is 0.379 e. The molecule has 2 amide bonds. The zero-order valence-electron chi connectivity index (χ0n) is 15.3. The standard InChI is InChI=1S/C19H25N5O3/c25-17-12-14(19(26)20-6-3-7-23-8-10-27-11-9-23)13-24(17)18-15-4-1-2-5-16(15)21-22-18/h1-2,4-5,14H,3,6-13H2,(H,20,26)(H,21,22)/t14-/m1/s1.